The average Bonchev–Trinajstić information content (AvgIpc) is 1.78. The van der Waals surface area contributed by atoms with Crippen LogP contribution in [-0.4, -0.2) is 43.1 Å². The zero-order valence-corrected chi connectivity index (χ0v) is 8.67. The predicted molar refractivity (Wildman–Crippen MR) is 48.4 cm³/mol. The molecule has 14 heavy (non-hydrogen) atoms. The number of carboxylic acids is 1. The van der Waals surface area contributed by atoms with Crippen molar-refractivity contribution in [2.24, 2.45) is 0 Å². The fraction of sp³-hybridized carbons (Fsp3) is 0.833. The van der Waals surface area contributed by atoms with Gasteiger partial charge in [0.2, 0.25) is 0 Å². The van der Waals surface area contributed by atoms with Crippen LogP contribution >= 0.6 is 8.17 Å². The molecule has 0 saturated carbocycles. The third-order valence-corrected chi connectivity index (χ3v) is 2.06. The molecule has 8 heteroatoms. The first kappa shape index (κ1) is 13.7. The van der Waals surface area contributed by atoms with Crippen molar-refractivity contribution in [3.05, 3.63) is 0 Å². The third kappa shape index (κ3) is 8.31. The van der Waals surface area contributed by atoms with Gasteiger partial charge in [-0.15, -0.1) is 0 Å². The zero-order valence-electron chi connectivity index (χ0n) is 7.67. The van der Waals surface area contributed by atoms with Crippen molar-refractivity contribution >= 4 is 14.1 Å². The summed E-state index contributed by atoms with van der Waals surface area (Å²) in [6.07, 6.45) is -0.594. The van der Waals surface area contributed by atoms with Crippen molar-refractivity contribution in [1.29, 1.82) is 0 Å². The van der Waals surface area contributed by atoms with Gasteiger partial charge >= 0.3 is 80.3 Å². The molecule has 0 fully saturated rings. The fourth-order valence-electron chi connectivity index (χ4n) is 0.822. The minimum atomic E-state index is -4.56. The van der Waals surface area contributed by atoms with Crippen molar-refractivity contribution < 1.29 is 34.2 Å². The van der Waals surface area contributed by atoms with Gasteiger partial charge in [0, 0.05) is 0 Å². The van der Waals surface area contributed by atoms with Crippen molar-refractivity contribution in [2.45, 2.75) is 25.4 Å². The summed E-state index contributed by atoms with van der Waals surface area (Å²) in [5, 5.41) is 17.8. The van der Waals surface area contributed by atoms with Crippen LogP contribution in [0.25, 0.3) is 0 Å². The van der Waals surface area contributed by atoms with Gasteiger partial charge < -0.3 is 0 Å². The van der Waals surface area contributed by atoms with Crippen molar-refractivity contribution in [2.75, 3.05) is 6.61 Å². The molecule has 7 nitrogen and oxygen atoms in total. The van der Waals surface area contributed by atoms with E-state index in [0.717, 1.165) is 0 Å². The maximum atomic E-state index is 10.2. The van der Waals surface area contributed by atoms with E-state index in [1.807, 2.05) is 0 Å². The molecule has 0 radical (unpaired) electrons. The minimum absolute atomic E-state index is 0.115. The van der Waals surface area contributed by atoms with Crippen molar-refractivity contribution in [1.82, 2.24) is 0 Å². The number of aliphatic hydroxyl groups is 1. The first-order chi connectivity index (χ1) is 6.12. The van der Waals surface area contributed by atoms with Crippen molar-refractivity contribution in [3.63, 3.8) is 0 Å². The van der Waals surface area contributed by atoms with Gasteiger partial charge in [0.1, 0.15) is 0 Å². The summed E-state index contributed by atoms with van der Waals surface area (Å²) in [4.78, 5) is 35.5. The summed E-state index contributed by atoms with van der Waals surface area (Å²) in [6, 6.07) is 0. The van der Waals surface area contributed by atoms with Gasteiger partial charge in [-0.3, -0.25) is 0 Å². The Morgan fingerprint density at radius 2 is 1.93 bits per heavy atom. The molecule has 1 atom stereocenters. The van der Waals surface area contributed by atoms with Crippen LogP contribution < -0.4 is 0 Å². The van der Waals surface area contributed by atoms with Gasteiger partial charge in [-0.25, -0.2) is 0 Å². The van der Waals surface area contributed by atoms with E-state index >= 15 is 0 Å². The number of carbonyl (C=O) groups is 1. The van der Waals surface area contributed by atoms with Gasteiger partial charge in [-0.1, -0.05) is 0 Å². The molecule has 0 heterocycles. The predicted octanol–water partition coefficient (Wildman–Crippen LogP) is -0.994. The SMILES string of the molecule is C[C@@](O)(CCO[PH](O)(O)O)CC(=O)O. The summed E-state index contributed by atoms with van der Waals surface area (Å²) in [6.45, 7) is 0.954. The molecule has 0 amide bonds. The van der Waals surface area contributed by atoms with Crippen LogP contribution in [-0.2, 0) is 9.32 Å². The first-order valence-corrected chi connectivity index (χ1v) is 5.63. The summed E-state index contributed by atoms with van der Waals surface area (Å²) in [5.41, 5.74) is -1.49. The van der Waals surface area contributed by atoms with E-state index in [2.05, 4.69) is 4.52 Å². The Balaban J connectivity index is 3.82. The second-order valence-electron chi connectivity index (χ2n) is 3.24. The molecule has 0 aromatic rings. The number of carboxylic acid groups (broad SMARTS) is 1. The van der Waals surface area contributed by atoms with Crippen LogP contribution in [0.15, 0.2) is 0 Å². The Labute approximate surface area is 81.2 Å². The Hall–Kier alpha value is -0.300. The molecule has 0 unspecified atom stereocenters. The topological polar surface area (TPSA) is 127 Å². The van der Waals surface area contributed by atoms with Crippen LogP contribution in [0.1, 0.15) is 19.8 Å². The quantitative estimate of drug-likeness (QED) is 0.370. The maximum absolute atomic E-state index is 10.2. The van der Waals surface area contributed by atoms with Crippen LogP contribution in [0, 0.1) is 0 Å². The summed E-state index contributed by atoms with van der Waals surface area (Å²) in [5.74, 6) is -1.17. The van der Waals surface area contributed by atoms with E-state index in [1.54, 1.807) is 0 Å². The Bertz CT molecular complexity index is 197. The molecule has 0 aromatic carbocycles. The monoisotopic (exact) mass is 230 g/mol. The van der Waals surface area contributed by atoms with Crippen LogP contribution in [0.2, 0.25) is 0 Å². The molecule has 0 rings (SSSR count). The zero-order chi connectivity index (χ0) is 11.4. The molecular formula is C6H15O7P. The first-order valence-electron chi connectivity index (χ1n) is 3.88. The number of rotatable bonds is 6. The standard InChI is InChI=1S/C6H15O7P/c1-6(9,4-5(7)8)2-3-13-14(10,11)12/h9-12,14H,2-4H2,1H3,(H,7,8)/t6-/m1/s1. The molecule has 0 bridgehead atoms. The average molecular weight is 230 g/mol. The Morgan fingerprint density at radius 1 is 1.43 bits per heavy atom. The molecule has 0 spiro atoms. The van der Waals surface area contributed by atoms with E-state index in [4.69, 9.17) is 19.8 Å². The Kier molecular flexibility index (Phi) is 4.87. The number of hydrogen-bond donors (Lipinski definition) is 5. The number of hydrogen-bond acceptors (Lipinski definition) is 6. The van der Waals surface area contributed by atoms with Crippen LogP contribution in [0.3, 0.4) is 0 Å². The van der Waals surface area contributed by atoms with E-state index in [0.29, 0.717) is 0 Å². The van der Waals surface area contributed by atoms with Gasteiger partial charge in [0.05, 0.1) is 0 Å². The van der Waals surface area contributed by atoms with Gasteiger partial charge in [-0.05, 0) is 0 Å². The summed E-state index contributed by atoms with van der Waals surface area (Å²) >= 11 is 0. The molecule has 0 aliphatic heterocycles. The molecule has 86 valence electrons. The summed E-state index contributed by atoms with van der Waals surface area (Å²) in [7, 11) is -4.56. The fourth-order valence-corrected chi connectivity index (χ4v) is 1.20. The van der Waals surface area contributed by atoms with Crippen LogP contribution in [0.5, 0.6) is 0 Å². The number of aliphatic carboxylic acids is 1. The van der Waals surface area contributed by atoms with E-state index < -0.39 is 26.2 Å². The van der Waals surface area contributed by atoms with E-state index in [1.165, 1.54) is 6.92 Å². The second kappa shape index (κ2) is 4.97. The molecule has 0 aliphatic carbocycles. The second-order valence-corrected chi connectivity index (χ2v) is 4.68. The third-order valence-electron chi connectivity index (χ3n) is 1.47. The normalized spacial score (nSPS) is 17.5. The molecule has 5 N–H and O–H groups in total. The van der Waals surface area contributed by atoms with Gasteiger partial charge in [0.15, 0.2) is 0 Å². The summed E-state index contributed by atoms with van der Waals surface area (Å²) < 4.78 is 4.20. The van der Waals surface area contributed by atoms with Gasteiger partial charge in [-0.2, -0.15) is 0 Å². The van der Waals surface area contributed by atoms with E-state index in [9.17, 15) is 9.90 Å². The van der Waals surface area contributed by atoms with Crippen LogP contribution in [0.4, 0.5) is 0 Å². The molecule has 0 saturated heterocycles. The van der Waals surface area contributed by atoms with Crippen molar-refractivity contribution in [3.8, 4) is 0 Å². The molecule has 0 aliphatic rings. The molecular weight excluding hydrogens is 215 g/mol. The Morgan fingerprint density at radius 3 is 2.29 bits per heavy atom. The molecule has 0 aromatic heterocycles. The van der Waals surface area contributed by atoms with E-state index in [-0.39, 0.29) is 13.0 Å². The van der Waals surface area contributed by atoms with Gasteiger partial charge in [0.25, 0.3) is 0 Å².